The molecule has 1 aromatic heterocycles. The molecule has 1 amide bonds. The van der Waals surface area contributed by atoms with Crippen LogP contribution in [0.25, 0.3) is 6.08 Å². The summed E-state index contributed by atoms with van der Waals surface area (Å²) in [6.07, 6.45) is 6.16. The number of nitrogens with zero attached hydrogens (tertiary/aromatic N) is 1. The SMILES string of the molecule is CCCC(CCC)/C(C)=C\c1cnoc1.O=CNc1ccc(F)c(C(F)(F)F)c1. The Morgan fingerprint density at radius 2 is 1.90 bits per heavy atom. The molecule has 0 saturated heterocycles. The van der Waals surface area contributed by atoms with Gasteiger partial charge in [-0.05, 0) is 43.9 Å². The zero-order valence-electron chi connectivity index (χ0n) is 16.7. The molecular weight excluding hydrogens is 388 g/mol. The Morgan fingerprint density at radius 1 is 1.24 bits per heavy atom. The van der Waals surface area contributed by atoms with Gasteiger partial charge in [-0.15, -0.1) is 0 Å². The molecule has 0 radical (unpaired) electrons. The molecule has 29 heavy (non-hydrogen) atoms. The van der Waals surface area contributed by atoms with Gasteiger partial charge in [0.05, 0.1) is 11.8 Å². The monoisotopic (exact) mass is 414 g/mol. The molecule has 2 aromatic rings. The minimum atomic E-state index is -4.76. The van der Waals surface area contributed by atoms with Gasteiger partial charge in [-0.1, -0.05) is 43.5 Å². The van der Waals surface area contributed by atoms with Crippen molar-refractivity contribution in [3.8, 4) is 0 Å². The van der Waals surface area contributed by atoms with Crippen LogP contribution in [0, 0.1) is 11.7 Å². The molecule has 0 aliphatic heterocycles. The predicted molar refractivity (Wildman–Crippen MR) is 105 cm³/mol. The number of halogens is 4. The highest BCUT2D eigenvalue weighted by molar-refractivity contribution is 5.71. The zero-order valence-corrected chi connectivity index (χ0v) is 16.7. The molecule has 0 aliphatic rings. The smallest absolute Gasteiger partial charge is 0.364 e. The van der Waals surface area contributed by atoms with Crippen molar-refractivity contribution in [2.75, 3.05) is 5.32 Å². The Morgan fingerprint density at radius 3 is 2.38 bits per heavy atom. The average molecular weight is 414 g/mol. The minimum Gasteiger partial charge on any atom is -0.364 e. The van der Waals surface area contributed by atoms with E-state index in [1.807, 2.05) is 5.32 Å². The lowest BCUT2D eigenvalue weighted by Gasteiger charge is -2.15. The number of allylic oxidation sites excluding steroid dienone is 1. The van der Waals surface area contributed by atoms with Gasteiger partial charge < -0.3 is 9.84 Å². The van der Waals surface area contributed by atoms with Crippen LogP contribution in [0.4, 0.5) is 23.2 Å². The van der Waals surface area contributed by atoms with Crippen LogP contribution in [-0.2, 0) is 11.0 Å². The molecule has 1 N–H and O–H groups in total. The van der Waals surface area contributed by atoms with Crippen molar-refractivity contribution < 1.29 is 26.9 Å². The van der Waals surface area contributed by atoms with Crippen molar-refractivity contribution in [2.24, 2.45) is 5.92 Å². The molecule has 0 atom stereocenters. The van der Waals surface area contributed by atoms with Gasteiger partial charge in [0.15, 0.2) is 0 Å². The maximum atomic E-state index is 12.7. The average Bonchev–Trinajstić information content (AvgIpc) is 3.16. The molecule has 160 valence electrons. The lowest BCUT2D eigenvalue weighted by atomic mass is 9.90. The van der Waals surface area contributed by atoms with Gasteiger partial charge in [-0.25, -0.2) is 4.39 Å². The number of carbonyl (C=O) groups is 1. The lowest BCUT2D eigenvalue weighted by molar-refractivity contribution is -0.140. The summed E-state index contributed by atoms with van der Waals surface area (Å²) >= 11 is 0. The summed E-state index contributed by atoms with van der Waals surface area (Å²) in [5.74, 6) is -0.649. The fourth-order valence-electron chi connectivity index (χ4n) is 2.86. The van der Waals surface area contributed by atoms with Crippen LogP contribution in [0.15, 0.2) is 40.8 Å². The number of anilines is 1. The number of rotatable bonds is 8. The molecule has 4 nitrogen and oxygen atoms in total. The van der Waals surface area contributed by atoms with Gasteiger partial charge in [-0.2, -0.15) is 13.2 Å². The van der Waals surface area contributed by atoms with Crippen LogP contribution in [0.2, 0.25) is 0 Å². The van der Waals surface area contributed by atoms with E-state index in [2.05, 4.69) is 32.0 Å². The molecule has 0 fully saturated rings. The number of nitrogens with one attached hydrogen (secondary N) is 1. The third-order valence-electron chi connectivity index (χ3n) is 4.26. The molecule has 0 aliphatic carbocycles. The third-order valence-corrected chi connectivity index (χ3v) is 4.26. The molecule has 0 saturated carbocycles. The first-order valence-corrected chi connectivity index (χ1v) is 9.37. The van der Waals surface area contributed by atoms with Crippen molar-refractivity contribution in [3.63, 3.8) is 0 Å². The molecule has 2 rings (SSSR count). The Hall–Kier alpha value is -2.64. The second kappa shape index (κ2) is 12.0. The highest BCUT2D eigenvalue weighted by Gasteiger charge is 2.34. The van der Waals surface area contributed by atoms with E-state index in [1.165, 1.54) is 31.3 Å². The number of amides is 1. The summed E-state index contributed by atoms with van der Waals surface area (Å²) in [6, 6.07) is 2.22. The molecule has 0 spiro atoms. The summed E-state index contributed by atoms with van der Waals surface area (Å²) < 4.78 is 53.8. The van der Waals surface area contributed by atoms with E-state index in [0.29, 0.717) is 12.1 Å². The summed E-state index contributed by atoms with van der Waals surface area (Å²) in [5.41, 5.74) is 1.02. The normalized spacial score (nSPS) is 11.8. The Kier molecular flexibility index (Phi) is 10.1. The standard InChI is InChI=1S/C13H21NO.C8H5F4NO/c1-4-6-13(7-5-2)11(3)8-12-9-14-15-10-12;9-7-2-1-5(13-4-14)3-6(7)8(10,11)12/h8-10,13H,4-7H2,1-3H3;1-4H,(H,13,14)/b11-8-;. The lowest BCUT2D eigenvalue weighted by Crippen LogP contribution is -2.09. The summed E-state index contributed by atoms with van der Waals surface area (Å²) in [5, 5.41) is 5.71. The Labute approximate surface area is 168 Å². The van der Waals surface area contributed by atoms with Crippen molar-refractivity contribution in [1.29, 1.82) is 0 Å². The predicted octanol–water partition coefficient (Wildman–Crippen LogP) is 6.71. The van der Waals surface area contributed by atoms with Crippen molar-refractivity contribution in [1.82, 2.24) is 5.16 Å². The van der Waals surface area contributed by atoms with Crippen LogP contribution in [0.3, 0.4) is 0 Å². The van der Waals surface area contributed by atoms with Crippen LogP contribution in [-0.4, -0.2) is 11.6 Å². The first-order chi connectivity index (χ1) is 13.7. The van der Waals surface area contributed by atoms with Gasteiger partial charge in [0.1, 0.15) is 12.1 Å². The summed E-state index contributed by atoms with van der Waals surface area (Å²) in [7, 11) is 0. The van der Waals surface area contributed by atoms with Gasteiger partial charge >= 0.3 is 6.18 Å². The van der Waals surface area contributed by atoms with E-state index < -0.39 is 17.6 Å². The number of hydrogen-bond acceptors (Lipinski definition) is 3. The fourth-order valence-corrected chi connectivity index (χ4v) is 2.86. The Balaban J connectivity index is 0.000000291. The number of benzene rings is 1. The topological polar surface area (TPSA) is 55.1 Å². The van der Waals surface area contributed by atoms with E-state index in [0.717, 1.165) is 17.5 Å². The molecule has 1 heterocycles. The van der Waals surface area contributed by atoms with Gasteiger partial charge in [0.2, 0.25) is 6.41 Å². The van der Waals surface area contributed by atoms with Crippen LogP contribution >= 0.6 is 0 Å². The van der Waals surface area contributed by atoms with Gasteiger partial charge in [0, 0.05) is 11.3 Å². The van der Waals surface area contributed by atoms with Crippen LogP contribution < -0.4 is 5.32 Å². The van der Waals surface area contributed by atoms with Gasteiger partial charge in [-0.3, -0.25) is 4.79 Å². The van der Waals surface area contributed by atoms with Crippen molar-refractivity contribution in [2.45, 2.75) is 52.6 Å². The van der Waals surface area contributed by atoms with Gasteiger partial charge in [0.25, 0.3) is 0 Å². The third kappa shape index (κ3) is 8.50. The number of hydrogen-bond donors (Lipinski definition) is 1. The van der Waals surface area contributed by atoms with E-state index in [9.17, 15) is 22.4 Å². The van der Waals surface area contributed by atoms with E-state index in [1.54, 1.807) is 12.5 Å². The maximum absolute atomic E-state index is 12.7. The number of aromatic nitrogens is 1. The largest absolute Gasteiger partial charge is 0.419 e. The summed E-state index contributed by atoms with van der Waals surface area (Å²) in [6.45, 7) is 6.70. The van der Waals surface area contributed by atoms with Crippen LogP contribution in [0.5, 0.6) is 0 Å². The second-order valence-electron chi connectivity index (χ2n) is 6.57. The molecule has 8 heteroatoms. The minimum absolute atomic E-state index is 0.103. The summed E-state index contributed by atoms with van der Waals surface area (Å²) in [4.78, 5) is 9.93. The maximum Gasteiger partial charge on any atom is 0.419 e. The number of carbonyl (C=O) groups excluding carboxylic acids is 1. The fraction of sp³-hybridized carbons (Fsp3) is 0.429. The number of alkyl halides is 3. The van der Waals surface area contributed by atoms with Crippen molar-refractivity contribution in [3.05, 3.63) is 53.2 Å². The Bertz CT molecular complexity index is 765. The highest BCUT2D eigenvalue weighted by atomic mass is 19.4. The highest BCUT2D eigenvalue weighted by Crippen LogP contribution is 2.32. The molecular formula is C21H26F4N2O2. The van der Waals surface area contributed by atoms with Crippen molar-refractivity contribution >= 4 is 18.2 Å². The molecule has 1 aromatic carbocycles. The quantitative estimate of drug-likeness (QED) is 0.386. The second-order valence-corrected chi connectivity index (χ2v) is 6.57. The molecule has 0 bridgehead atoms. The van der Waals surface area contributed by atoms with E-state index in [4.69, 9.17) is 4.52 Å². The van der Waals surface area contributed by atoms with E-state index in [-0.39, 0.29) is 12.1 Å². The van der Waals surface area contributed by atoms with Crippen LogP contribution in [0.1, 0.15) is 57.6 Å². The van der Waals surface area contributed by atoms with E-state index >= 15 is 0 Å². The first kappa shape index (κ1) is 24.4. The molecule has 0 unspecified atom stereocenters. The zero-order chi connectivity index (χ0) is 21.9. The first-order valence-electron chi connectivity index (χ1n) is 9.37.